The highest BCUT2D eigenvalue weighted by Gasteiger charge is 2.35. The van der Waals surface area contributed by atoms with E-state index < -0.39 is 15.9 Å². The van der Waals surface area contributed by atoms with Crippen LogP contribution in [0, 0.1) is 5.92 Å². The Labute approximate surface area is 207 Å². The standard InChI is InChI=1S/C26H33N3O5S/c1-34-21-13-15-22(16-14-21)35(32,33)29-17-7-10-20(18-29)26(31)28-24-12-6-5-11-23(24)27-25(30)19-8-3-2-4-9-19/h2-4,8-9,13-16,20,23-24H,5-7,10-12,17-18H2,1H3,(H,27,30)(H,28,31)/t20?,23-,24-/m1/s1. The molecule has 2 aliphatic rings. The summed E-state index contributed by atoms with van der Waals surface area (Å²) in [7, 11) is -2.17. The Hall–Kier alpha value is -2.91. The van der Waals surface area contributed by atoms with Gasteiger partial charge in [0.2, 0.25) is 15.9 Å². The summed E-state index contributed by atoms with van der Waals surface area (Å²) < 4.78 is 32.8. The second-order valence-corrected chi connectivity index (χ2v) is 11.2. The van der Waals surface area contributed by atoms with E-state index in [4.69, 9.17) is 4.74 Å². The minimum absolute atomic E-state index is 0.147. The molecule has 0 bridgehead atoms. The van der Waals surface area contributed by atoms with Gasteiger partial charge in [-0.3, -0.25) is 9.59 Å². The molecule has 1 saturated heterocycles. The molecule has 0 aromatic heterocycles. The van der Waals surface area contributed by atoms with Gasteiger partial charge in [-0.05, 0) is 62.1 Å². The van der Waals surface area contributed by atoms with E-state index in [0.717, 1.165) is 25.7 Å². The van der Waals surface area contributed by atoms with Gasteiger partial charge in [0.25, 0.3) is 5.91 Å². The predicted octanol–water partition coefficient (Wildman–Crippen LogP) is 2.95. The molecule has 2 N–H and O–H groups in total. The van der Waals surface area contributed by atoms with Gasteiger partial charge in [0, 0.05) is 30.7 Å². The zero-order chi connectivity index (χ0) is 24.8. The Kier molecular flexibility index (Phi) is 8.07. The molecule has 3 atom stereocenters. The molecule has 4 rings (SSSR count). The average molecular weight is 500 g/mol. The third-order valence-corrected chi connectivity index (χ3v) is 8.78. The molecule has 1 unspecified atom stereocenters. The maximum absolute atomic E-state index is 13.2. The molecule has 1 heterocycles. The maximum atomic E-state index is 13.2. The number of nitrogens with zero attached hydrogens (tertiary/aromatic N) is 1. The topological polar surface area (TPSA) is 105 Å². The summed E-state index contributed by atoms with van der Waals surface area (Å²) in [4.78, 5) is 26.1. The van der Waals surface area contributed by atoms with Gasteiger partial charge >= 0.3 is 0 Å². The molecule has 9 heteroatoms. The van der Waals surface area contributed by atoms with Crippen molar-refractivity contribution in [1.82, 2.24) is 14.9 Å². The van der Waals surface area contributed by atoms with E-state index in [-0.39, 0.29) is 35.3 Å². The van der Waals surface area contributed by atoms with Crippen LogP contribution in [-0.4, -0.2) is 56.8 Å². The quantitative estimate of drug-likeness (QED) is 0.610. The normalized spacial score (nSPS) is 23.3. The average Bonchev–Trinajstić information content (AvgIpc) is 2.90. The van der Waals surface area contributed by atoms with Gasteiger partial charge in [0.15, 0.2) is 0 Å². The van der Waals surface area contributed by atoms with E-state index in [1.165, 1.54) is 23.5 Å². The monoisotopic (exact) mass is 499 g/mol. The van der Waals surface area contributed by atoms with Gasteiger partial charge in [-0.15, -0.1) is 0 Å². The molecule has 35 heavy (non-hydrogen) atoms. The van der Waals surface area contributed by atoms with Gasteiger partial charge in [-0.2, -0.15) is 4.31 Å². The number of piperidine rings is 1. The van der Waals surface area contributed by atoms with E-state index in [9.17, 15) is 18.0 Å². The second kappa shape index (κ2) is 11.2. The smallest absolute Gasteiger partial charge is 0.251 e. The lowest BCUT2D eigenvalue weighted by molar-refractivity contribution is -0.127. The van der Waals surface area contributed by atoms with E-state index >= 15 is 0 Å². The zero-order valence-electron chi connectivity index (χ0n) is 20.0. The van der Waals surface area contributed by atoms with Gasteiger partial charge in [0.05, 0.1) is 17.9 Å². The number of methoxy groups -OCH3 is 1. The molecule has 2 fully saturated rings. The van der Waals surface area contributed by atoms with E-state index in [0.29, 0.717) is 30.7 Å². The Morgan fingerprint density at radius 3 is 2.20 bits per heavy atom. The summed E-state index contributed by atoms with van der Waals surface area (Å²) in [6.07, 6.45) is 4.80. The van der Waals surface area contributed by atoms with Gasteiger partial charge in [-0.1, -0.05) is 31.0 Å². The third-order valence-electron chi connectivity index (χ3n) is 6.90. The summed E-state index contributed by atoms with van der Waals surface area (Å²) in [6.45, 7) is 0.533. The molecule has 0 radical (unpaired) electrons. The molecule has 8 nitrogen and oxygen atoms in total. The molecule has 2 aromatic rings. The van der Waals surface area contributed by atoms with E-state index in [1.807, 2.05) is 18.2 Å². The van der Waals surface area contributed by atoms with Crippen LogP contribution in [0.25, 0.3) is 0 Å². The number of carbonyl (C=O) groups is 2. The van der Waals surface area contributed by atoms with Crippen LogP contribution in [0.3, 0.4) is 0 Å². The van der Waals surface area contributed by atoms with Crippen LogP contribution in [0.2, 0.25) is 0 Å². The maximum Gasteiger partial charge on any atom is 0.251 e. The van der Waals surface area contributed by atoms with Crippen LogP contribution in [0.5, 0.6) is 5.75 Å². The number of nitrogens with one attached hydrogen (secondary N) is 2. The van der Waals surface area contributed by atoms with E-state index in [1.54, 1.807) is 24.3 Å². The molecule has 1 aliphatic carbocycles. The number of sulfonamides is 1. The first kappa shape index (κ1) is 25.2. The van der Waals surface area contributed by atoms with Gasteiger partial charge in [0.1, 0.15) is 5.75 Å². The largest absolute Gasteiger partial charge is 0.497 e. The summed E-state index contributed by atoms with van der Waals surface area (Å²) in [5, 5.41) is 6.22. The van der Waals surface area contributed by atoms with Crippen molar-refractivity contribution in [3.8, 4) is 5.75 Å². The van der Waals surface area contributed by atoms with Crippen molar-refractivity contribution in [3.63, 3.8) is 0 Å². The van der Waals surface area contributed by atoms with Crippen LogP contribution in [0.1, 0.15) is 48.9 Å². The number of carbonyl (C=O) groups excluding carboxylic acids is 2. The van der Waals surface area contributed by atoms with Crippen molar-refractivity contribution in [2.24, 2.45) is 5.92 Å². The first-order valence-corrected chi connectivity index (χ1v) is 13.6. The lowest BCUT2D eigenvalue weighted by Gasteiger charge is -2.36. The van der Waals surface area contributed by atoms with Crippen molar-refractivity contribution in [3.05, 3.63) is 60.2 Å². The van der Waals surface area contributed by atoms with Gasteiger partial charge in [-0.25, -0.2) is 8.42 Å². The lowest BCUT2D eigenvalue weighted by atomic mass is 9.89. The summed E-state index contributed by atoms with van der Waals surface area (Å²) in [5.74, 6) is -0.137. The zero-order valence-corrected chi connectivity index (χ0v) is 20.8. The third kappa shape index (κ3) is 6.02. The highest BCUT2D eigenvalue weighted by molar-refractivity contribution is 7.89. The first-order chi connectivity index (χ1) is 16.9. The Morgan fingerprint density at radius 2 is 1.54 bits per heavy atom. The van der Waals surface area contributed by atoms with Crippen molar-refractivity contribution in [2.45, 2.75) is 55.5 Å². The summed E-state index contributed by atoms with van der Waals surface area (Å²) in [5.41, 5.74) is 0.592. The number of ether oxygens (including phenoxy) is 1. The number of hydrogen-bond acceptors (Lipinski definition) is 5. The molecule has 188 valence electrons. The van der Waals surface area contributed by atoms with Crippen LogP contribution in [-0.2, 0) is 14.8 Å². The fourth-order valence-corrected chi connectivity index (χ4v) is 6.41. The number of benzene rings is 2. The number of amides is 2. The Morgan fingerprint density at radius 1 is 0.886 bits per heavy atom. The van der Waals surface area contributed by atoms with Crippen molar-refractivity contribution >= 4 is 21.8 Å². The second-order valence-electron chi connectivity index (χ2n) is 9.22. The SMILES string of the molecule is COc1ccc(S(=O)(=O)N2CCCC(C(=O)N[C@@H]3CCCC[C@H]3NC(=O)c3ccccc3)C2)cc1. The molecule has 2 amide bonds. The molecule has 1 saturated carbocycles. The first-order valence-electron chi connectivity index (χ1n) is 12.2. The van der Waals surface area contributed by atoms with Crippen LogP contribution < -0.4 is 15.4 Å². The summed E-state index contributed by atoms with van der Waals surface area (Å²) >= 11 is 0. The van der Waals surface area contributed by atoms with Crippen LogP contribution in [0.15, 0.2) is 59.5 Å². The predicted molar refractivity (Wildman–Crippen MR) is 133 cm³/mol. The molecular formula is C26H33N3O5S. The Bertz CT molecular complexity index is 1120. The molecular weight excluding hydrogens is 466 g/mol. The van der Waals surface area contributed by atoms with Gasteiger partial charge < -0.3 is 15.4 Å². The van der Waals surface area contributed by atoms with Crippen LogP contribution >= 0.6 is 0 Å². The number of rotatable bonds is 7. The fraction of sp³-hybridized carbons (Fsp3) is 0.462. The van der Waals surface area contributed by atoms with Crippen molar-refractivity contribution in [2.75, 3.05) is 20.2 Å². The highest BCUT2D eigenvalue weighted by atomic mass is 32.2. The minimum Gasteiger partial charge on any atom is -0.497 e. The summed E-state index contributed by atoms with van der Waals surface area (Å²) in [6, 6.07) is 15.0. The molecule has 0 spiro atoms. The van der Waals surface area contributed by atoms with E-state index in [2.05, 4.69) is 10.6 Å². The molecule has 1 aliphatic heterocycles. The van der Waals surface area contributed by atoms with Crippen molar-refractivity contribution in [1.29, 1.82) is 0 Å². The van der Waals surface area contributed by atoms with Crippen LogP contribution in [0.4, 0.5) is 0 Å². The van der Waals surface area contributed by atoms with Crippen molar-refractivity contribution < 1.29 is 22.7 Å². The lowest BCUT2D eigenvalue weighted by Crippen LogP contribution is -2.55. The highest BCUT2D eigenvalue weighted by Crippen LogP contribution is 2.26. The minimum atomic E-state index is -3.70. The molecule has 2 aromatic carbocycles. The number of hydrogen-bond donors (Lipinski definition) is 2. The fourth-order valence-electron chi connectivity index (χ4n) is 4.89. The Balaban J connectivity index is 1.39.